The number of benzene rings is 1. The quantitative estimate of drug-likeness (QED) is 0.661. The predicted molar refractivity (Wildman–Crippen MR) is 69.0 cm³/mol. The van der Waals surface area contributed by atoms with Crippen LogP contribution in [-0.2, 0) is 16.0 Å². The molecule has 0 aliphatic heterocycles. The van der Waals surface area contributed by atoms with Crippen molar-refractivity contribution in [3.05, 3.63) is 29.8 Å². The van der Waals surface area contributed by atoms with Gasteiger partial charge in [-0.2, -0.15) is 0 Å². The van der Waals surface area contributed by atoms with Gasteiger partial charge in [-0.25, -0.2) is 0 Å². The van der Waals surface area contributed by atoms with E-state index in [4.69, 9.17) is 10.8 Å². The van der Waals surface area contributed by atoms with Crippen molar-refractivity contribution >= 4 is 17.6 Å². The Balaban J connectivity index is 2.39. The molecule has 0 spiro atoms. The van der Waals surface area contributed by atoms with Gasteiger partial charge in [0.1, 0.15) is 0 Å². The number of anilines is 1. The minimum absolute atomic E-state index is 0.0553. The number of carboxylic acid groups (broad SMARTS) is 1. The van der Waals surface area contributed by atoms with E-state index in [1.807, 2.05) is 6.07 Å². The third kappa shape index (κ3) is 5.34. The highest BCUT2D eigenvalue weighted by atomic mass is 16.4. The fourth-order valence-corrected chi connectivity index (χ4v) is 1.63. The molecule has 0 aromatic heterocycles. The summed E-state index contributed by atoms with van der Waals surface area (Å²) in [7, 11) is 0. The Morgan fingerprint density at radius 3 is 2.78 bits per heavy atom. The molecule has 0 saturated heterocycles. The first-order chi connectivity index (χ1) is 8.47. The Labute approximate surface area is 106 Å². The molecule has 0 radical (unpaired) electrons. The Morgan fingerprint density at radius 2 is 2.17 bits per heavy atom. The average Bonchev–Trinajstić information content (AvgIpc) is 2.26. The van der Waals surface area contributed by atoms with E-state index >= 15 is 0 Å². The summed E-state index contributed by atoms with van der Waals surface area (Å²) in [6.45, 7) is 1.79. The molecule has 0 bridgehead atoms. The van der Waals surface area contributed by atoms with Crippen LogP contribution in [0.25, 0.3) is 0 Å². The number of rotatable bonds is 6. The van der Waals surface area contributed by atoms with Gasteiger partial charge in [0, 0.05) is 18.2 Å². The number of carboxylic acids is 1. The van der Waals surface area contributed by atoms with Gasteiger partial charge >= 0.3 is 5.97 Å². The van der Waals surface area contributed by atoms with E-state index in [0.29, 0.717) is 12.1 Å². The van der Waals surface area contributed by atoms with Crippen molar-refractivity contribution < 1.29 is 14.7 Å². The third-order valence-corrected chi connectivity index (χ3v) is 2.51. The molecule has 98 valence electrons. The highest BCUT2D eigenvalue weighted by Gasteiger charge is 2.09. The van der Waals surface area contributed by atoms with E-state index in [9.17, 15) is 9.59 Å². The predicted octanol–water partition coefficient (Wildman–Crippen LogP) is 1.18. The van der Waals surface area contributed by atoms with E-state index in [2.05, 4.69) is 5.32 Å². The summed E-state index contributed by atoms with van der Waals surface area (Å²) in [6, 6.07) is 7.00. The van der Waals surface area contributed by atoms with Crippen molar-refractivity contribution in [3.63, 3.8) is 0 Å². The number of hydrogen-bond donors (Lipinski definition) is 3. The molecule has 1 aromatic rings. The first-order valence-corrected chi connectivity index (χ1v) is 5.83. The minimum Gasteiger partial charge on any atom is -0.481 e. The van der Waals surface area contributed by atoms with Gasteiger partial charge in [-0.3, -0.25) is 9.59 Å². The van der Waals surface area contributed by atoms with Gasteiger partial charge in [-0.15, -0.1) is 0 Å². The van der Waals surface area contributed by atoms with Gasteiger partial charge in [0.2, 0.25) is 5.91 Å². The molecule has 1 atom stereocenters. The molecule has 0 aliphatic carbocycles. The molecule has 1 rings (SSSR count). The fraction of sp³-hybridized carbons (Fsp3) is 0.385. The summed E-state index contributed by atoms with van der Waals surface area (Å²) in [5, 5.41) is 11.3. The lowest BCUT2D eigenvalue weighted by Gasteiger charge is -2.12. The van der Waals surface area contributed by atoms with Crippen molar-refractivity contribution in [1.82, 2.24) is 5.32 Å². The Morgan fingerprint density at radius 1 is 1.44 bits per heavy atom. The monoisotopic (exact) mass is 250 g/mol. The molecule has 0 saturated carbocycles. The largest absolute Gasteiger partial charge is 0.481 e. The minimum atomic E-state index is -0.855. The van der Waals surface area contributed by atoms with E-state index in [1.54, 1.807) is 25.1 Å². The van der Waals surface area contributed by atoms with Gasteiger partial charge in [0.15, 0.2) is 0 Å². The number of nitrogen functional groups attached to an aromatic ring is 1. The molecule has 1 unspecified atom stereocenters. The van der Waals surface area contributed by atoms with E-state index < -0.39 is 5.97 Å². The number of amides is 1. The number of hydrogen-bond acceptors (Lipinski definition) is 3. The smallest absolute Gasteiger partial charge is 0.303 e. The van der Waals surface area contributed by atoms with Gasteiger partial charge in [0.05, 0.1) is 6.42 Å². The van der Waals surface area contributed by atoms with Crippen LogP contribution < -0.4 is 11.1 Å². The van der Waals surface area contributed by atoms with Crippen LogP contribution in [-0.4, -0.2) is 23.0 Å². The van der Waals surface area contributed by atoms with Gasteiger partial charge in [-0.05, 0) is 31.0 Å². The lowest BCUT2D eigenvalue weighted by Crippen LogP contribution is -2.34. The Hall–Kier alpha value is -2.04. The van der Waals surface area contributed by atoms with Crippen molar-refractivity contribution in [3.8, 4) is 0 Å². The zero-order chi connectivity index (χ0) is 13.5. The lowest BCUT2D eigenvalue weighted by molar-refractivity contribution is -0.137. The summed E-state index contributed by atoms with van der Waals surface area (Å²) >= 11 is 0. The summed E-state index contributed by atoms with van der Waals surface area (Å²) in [5.74, 6) is -0.981. The molecule has 0 aliphatic rings. The highest BCUT2D eigenvalue weighted by molar-refractivity contribution is 5.79. The number of nitrogens with two attached hydrogens (primary N) is 1. The second-order valence-corrected chi connectivity index (χ2v) is 4.32. The third-order valence-electron chi connectivity index (χ3n) is 2.51. The zero-order valence-corrected chi connectivity index (χ0v) is 10.3. The number of carbonyl (C=O) groups excluding carboxylic acids is 1. The van der Waals surface area contributed by atoms with E-state index in [-0.39, 0.29) is 24.8 Å². The summed E-state index contributed by atoms with van der Waals surface area (Å²) in [4.78, 5) is 22.1. The fourth-order valence-electron chi connectivity index (χ4n) is 1.63. The molecule has 18 heavy (non-hydrogen) atoms. The maximum Gasteiger partial charge on any atom is 0.303 e. The van der Waals surface area contributed by atoms with Crippen molar-refractivity contribution in [2.45, 2.75) is 32.2 Å². The van der Waals surface area contributed by atoms with Crippen LogP contribution in [0.2, 0.25) is 0 Å². The topological polar surface area (TPSA) is 92.4 Å². The van der Waals surface area contributed by atoms with Crippen LogP contribution in [0.5, 0.6) is 0 Å². The second-order valence-electron chi connectivity index (χ2n) is 4.32. The van der Waals surface area contributed by atoms with Gasteiger partial charge in [0.25, 0.3) is 0 Å². The van der Waals surface area contributed by atoms with Gasteiger partial charge < -0.3 is 16.2 Å². The Kier molecular flexibility index (Phi) is 5.17. The first-order valence-electron chi connectivity index (χ1n) is 5.83. The molecule has 1 aromatic carbocycles. The maximum absolute atomic E-state index is 11.7. The molecule has 1 amide bonds. The Bertz CT molecular complexity index is 432. The normalized spacial score (nSPS) is 11.8. The van der Waals surface area contributed by atoms with Crippen LogP contribution in [0, 0.1) is 0 Å². The molecule has 5 nitrogen and oxygen atoms in total. The summed E-state index contributed by atoms with van der Waals surface area (Å²) in [5.41, 5.74) is 7.09. The van der Waals surface area contributed by atoms with Crippen LogP contribution in [0.15, 0.2) is 24.3 Å². The van der Waals surface area contributed by atoms with Crippen molar-refractivity contribution in [1.29, 1.82) is 0 Å². The van der Waals surface area contributed by atoms with Crippen molar-refractivity contribution in [2.24, 2.45) is 0 Å². The number of carbonyl (C=O) groups is 2. The molecule has 4 N–H and O–H groups in total. The molecular formula is C13H18N2O3. The average molecular weight is 250 g/mol. The molecule has 0 fully saturated rings. The maximum atomic E-state index is 11.7. The SMILES string of the molecule is CC(CCC(=O)O)NC(=O)Cc1cccc(N)c1. The molecular weight excluding hydrogens is 232 g/mol. The zero-order valence-electron chi connectivity index (χ0n) is 10.3. The van der Waals surface area contributed by atoms with Crippen LogP contribution in [0.4, 0.5) is 5.69 Å². The number of nitrogens with one attached hydrogen (secondary N) is 1. The standard InChI is InChI=1S/C13H18N2O3/c1-9(5-6-13(17)18)15-12(16)8-10-3-2-4-11(14)7-10/h2-4,7,9H,5-6,8,14H2,1H3,(H,15,16)(H,17,18). The van der Waals surface area contributed by atoms with E-state index in [1.165, 1.54) is 0 Å². The lowest BCUT2D eigenvalue weighted by atomic mass is 10.1. The molecule has 0 heterocycles. The van der Waals surface area contributed by atoms with E-state index in [0.717, 1.165) is 5.56 Å². The molecule has 5 heteroatoms. The first kappa shape index (κ1) is 14.0. The number of aliphatic carboxylic acids is 1. The summed E-state index contributed by atoms with van der Waals surface area (Å²) < 4.78 is 0. The van der Waals surface area contributed by atoms with Crippen LogP contribution in [0.1, 0.15) is 25.3 Å². The van der Waals surface area contributed by atoms with Crippen molar-refractivity contribution in [2.75, 3.05) is 5.73 Å². The summed E-state index contributed by atoms with van der Waals surface area (Å²) in [6.07, 6.45) is 0.736. The van der Waals surface area contributed by atoms with Crippen LogP contribution >= 0.6 is 0 Å². The highest BCUT2D eigenvalue weighted by Crippen LogP contribution is 2.07. The second kappa shape index (κ2) is 6.64. The van der Waals surface area contributed by atoms with Crippen LogP contribution in [0.3, 0.4) is 0 Å². The van der Waals surface area contributed by atoms with Gasteiger partial charge in [-0.1, -0.05) is 12.1 Å².